The highest BCUT2D eigenvalue weighted by Gasteiger charge is 2.11. The predicted molar refractivity (Wildman–Crippen MR) is 101 cm³/mol. The molecule has 2 aromatic heterocycles. The number of nitrogens with zero attached hydrogens (tertiary/aromatic N) is 1. The maximum absolute atomic E-state index is 12.2. The van der Waals surface area contributed by atoms with Gasteiger partial charge in [-0.2, -0.15) is 5.26 Å². The van der Waals surface area contributed by atoms with Crippen molar-refractivity contribution in [2.45, 2.75) is 6.54 Å². The Hall–Kier alpha value is -3.63. The van der Waals surface area contributed by atoms with Crippen molar-refractivity contribution in [3.05, 3.63) is 75.7 Å². The van der Waals surface area contributed by atoms with Crippen LogP contribution in [-0.4, -0.2) is 17.0 Å². The molecule has 3 aromatic rings. The second-order valence-electron chi connectivity index (χ2n) is 5.52. The predicted octanol–water partition coefficient (Wildman–Crippen LogP) is 3.93. The monoisotopic (exact) mass is 378 g/mol. The second-order valence-corrected chi connectivity index (χ2v) is 6.55. The Morgan fingerprint density at radius 1 is 1.19 bits per heavy atom. The van der Waals surface area contributed by atoms with E-state index in [1.54, 1.807) is 24.3 Å². The number of aromatic carboxylic acids is 1. The molecular formula is C20H14N2O4S. The summed E-state index contributed by atoms with van der Waals surface area (Å²) in [6.07, 6.45) is 1.37. The molecule has 7 heteroatoms. The molecule has 2 heterocycles. The molecule has 6 nitrogen and oxygen atoms in total. The Bertz CT molecular complexity index is 1020. The highest BCUT2D eigenvalue weighted by molar-refractivity contribution is 7.09. The molecule has 0 aliphatic rings. The lowest BCUT2D eigenvalue weighted by molar-refractivity contribution is -0.117. The number of thiophene rings is 1. The molecule has 0 saturated heterocycles. The van der Waals surface area contributed by atoms with Crippen molar-refractivity contribution < 1.29 is 19.1 Å². The van der Waals surface area contributed by atoms with Crippen molar-refractivity contribution >= 4 is 29.3 Å². The van der Waals surface area contributed by atoms with Gasteiger partial charge < -0.3 is 14.8 Å². The first-order valence-electron chi connectivity index (χ1n) is 7.93. The van der Waals surface area contributed by atoms with Crippen LogP contribution in [0.2, 0.25) is 0 Å². The quantitative estimate of drug-likeness (QED) is 0.500. The minimum atomic E-state index is -1.00. The SMILES string of the molecule is N#C/C(=C\c1ccc(-c2ccc(C(=O)O)cc2)o1)C(=O)NCc1cccs1. The third-order valence-electron chi connectivity index (χ3n) is 3.70. The van der Waals surface area contributed by atoms with Crippen molar-refractivity contribution in [1.29, 1.82) is 5.26 Å². The average Bonchev–Trinajstić information content (AvgIpc) is 3.36. The lowest BCUT2D eigenvalue weighted by Crippen LogP contribution is -2.23. The zero-order valence-corrected chi connectivity index (χ0v) is 14.8. The molecule has 0 radical (unpaired) electrons. The molecular weight excluding hydrogens is 364 g/mol. The van der Waals surface area contributed by atoms with Crippen LogP contribution in [0.15, 0.2) is 63.9 Å². The van der Waals surface area contributed by atoms with Crippen molar-refractivity contribution in [2.24, 2.45) is 0 Å². The standard InChI is InChI=1S/C20H14N2O4S/c21-11-15(19(23)22-12-17-2-1-9-27-17)10-16-7-8-18(26-16)13-3-5-14(6-4-13)20(24)25/h1-10H,12H2,(H,22,23)(H,24,25)/b15-10+. The highest BCUT2D eigenvalue weighted by atomic mass is 32.1. The molecule has 2 N–H and O–H groups in total. The van der Waals surface area contributed by atoms with E-state index in [-0.39, 0.29) is 11.1 Å². The van der Waals surface area contributed by atoms with Crippen LogP contribution in [0, 0.1) is 11.3 Å². The molecule has 1 aromatic carbocycles. The van der Waals surface area contributed by atoms with Crippen LogP contribution >= 0.6 is 11.3 Å². The van der Waals surface area contributed by atoms with Gasteiger partial charge in [0.1, 0.15) is 23.2 Å². The summed E-state index contributed by atoms with van der Waals surface area (Å²) in [4.78, 5) is 24.0. The fourth-order valence-corrected chi connectivity index (χ4v) is 2.97. The van der Waals surface area contributed by atoms with Crippen molar-refractivity contribution in [2.75, 3.05) is 0 Å². The summed E-state index contributed by atoms with van der Waals surface area (Å²) < 4.78 is 5.65. The van der Waals surface area contributed by atoms with Gasteiger partial charge in [0, 0.05) is 16.5 Å². The summed E-state index contributed by atoms with van der Waals surface area (Å²) in [5.41, 5.74) is 0.814. The fourth-order valence-electron chi connectivity index (χ4n) is 2.33. The van der Waals surface area contributed by atoms with Gasteiger partial charge >= 0.3 is 5.97 Å². The minimum absolute atomic E-state index is 0.0614. The maximum Gasteiger partial charge on any atom is 0.335 e. The van der Waals surface area contributed by atoms with Crippen LogP contribution in [0.1, 0.15) is 21.0 Å². The van der Waals surface area contributed by atoms with Crippen LogP contribution in [0.4, 0.5) is 0 Å². The van der Waals surface area contributed by atoms with Gasteiger partial charge in [0.15, 0.2) is 0 Å². The minimum Gasteiger partial charge on any atom is -0.478 e. The van der Waals surface area contributed by atoms with Crippen molar-refractivity contribution in [1.82, 2.24) is 5.32 Å². The van der Waals surface area contributed by atoms with Gasteiger partial charge in [-0.3, -0.25) is 4.79 Å². The molecule has 0 aliphatic heterocycles. The molecule has 0 bridgehead atoms. The lowest BCUT2D eigenvalue weighted by Gasteiger charge is -2.01. The molecule has 27 heavy (non-hydrogen) atoms. The molecule has 0 atom stereocenters. The van der Waals surface area contributed by atoms with E-state index >= 15 is 0 Å². The molecule has 0 saturated carbocycles. The van der Waals surface area contributed by atoms with Crippen LogP contribution in [0.3, 0.4) is 0 Å². The first kappa shape index (κ1) is 18.2. The number of benzene rings is 1. The number of nitrogens with one attached hydrogen (secondary N) is 1. The first-order valence-corrected chi connectivity index (χ1v) is 8.81. The molecule has 0 aliphatic carbocycles. The second kappa shape index (κ2) is 8.17. The Kier molecular flexibility index (Phi) is 5.50. The maximum atomic E-state index is 12.2. The van der Waals surface area contributed by atoms with E-state index in [1.165, 1.54) is 29.5 Å². The smallest absolute Gasteiger partial charge is 0.335 e. The average molecular weight is 378 g/mol. The van der Waals surface area contributed by atoms with Gasteiger partial charge in [0.05, 0.1) is 12.1 Å². The van der Waals surface area contributed by atoms with Crippen LogP contribution in [-0.2, 0) is 11.3 Å². The largest absolute Gasteiger partial charge is 0.478 e. The summed E-state index contributed by atoms with van der Waals surface area (Å²) in [5, 5.41) is 22.8. The number of carbonyl (C=O) groups excluding carboxylic acids is 1. The van der Waals surface area contributed by atoms with Crippen LogP contribution in [0.5, 0.6) is 0 Å². The molecule has 0 fully saturated rings. The van der Waals surface area contributed by atoms with Crippen LogP contribution in [0.25, 0.3) is 17.4 Å². The third kappa shape index (κ3) is 4.51. The van der Waals surface area contributed by atoms with Crippen molar-refractivity contribution in [3.63, 3.8) is 0 Å². The van der Waals surface area contributed by atoms with Gasteiger partial charge in [-0.25, -0.2) is 4.79 Å². The van der Waals surface area contributed by atoms with E-state index < -0.39 is 11.9 Å². The van der Waals surface area contributed by atoms with Gasteiger partial charge in [-0.15, -0.1) is 11.3 Å². The number of hydrogen-bond donors (Lipinski definition) is 2. The Labute approximate surface area is 159 Å². The summed E-state index contributed by atoms with van der Waals surface area (Å²) >= 11 is 1.52. The third-order valence-corrected chi connectivity index (χ3v) is 4.57. The van der Waals surface area contributed by atoms with E-state index in [9.17, 15) is 14.9 Å². The zero-order valence-electron chi connectivity index (χ0n) is 14.0. The Morgan fingerprint density at radius 3 is 2.59 bits per heavy atom. The molecule has 3 rings (SSSR count). The molecule has 0 spiro atoms. The number of carbonyl (C=O) groups is 2. The van der Waals surface area contributed by atoms with E-state index in [4.69, 9.17) is 9.52 Å². The fraction of sp³-hybridized carbons (Fsp3) is 0.0500. The zero-order chi connectivity index (χ0) is 19.2. The van der Waals surface area contributed by atoms with Gasteiger partial charge in [0.25, 0.3) is 5.91 Å². The molecule has 0 unspecified atom stereocenters. The van der Waals surface area contributed by atoms with Gasteiger partial charge in [-0.1, -0.05) is 18.2 Å². The normalized spacial score (nSPS) is 11.0. The number of nitriles is 1. The summed E-state index contributed by atoms with van der Waals surface area (Å²) in [6.45, 7) is 0.356. The van der Waals surface area contributed by atoms with E-state index in [1.807, 2.05) is 23.6 Å². The molecule has 1 amide bonds. The van der Waals surface area contributed by atoms with Gasteiger partial charge in [0.2, 0.25) is 0 Å². The molecule has 134 valence electrons. The summed E-state index contributed by atoms with van der Waals surface area (Å²) in [7, 11) is 0. The highest BCUT2D eigenvalue weighted by Crippen LogP contribution is 2.24. The number of furan rings is 1. The Morgan fingerprint density at radius 2 is 1.96 bits per heavy atom. The number of hydrogen-bond acceptors (Lipinski definition) is 5. The number of carboxylic acid groups (broad SMARTS) is 1. The number of rotatable bonds is 6. The summed E-state index contributed by atoms with van der Waals surface area (Å²) in [5.74, 6) is -0.615. The van der Waals surface area contributed by atoms with E-state index in [2.05, 4.69) is 5.32 Å². The number of amides is 1. The van der Waals surface area contributed by atoms with Crippen molar-refractivity contribution in [3.8, 4) is 17.4 Å². The van der Waals surface area contributed by atoms with Gasteiger partial charge in [-0.05, 0) is 35.7 Å². The first-order chi connectivity index (χ1) is 13.1. The van der Waals surface area contributed by atoms with E-state index in [0.29, 0.717) is 23.6 Å². The topological polar surface area (TPSA) is 103 Å². The number of carboxylic acids is 1. The Balaban J connectivity index is 1.72. The summed E-state index contributed by atoms with van der Waals surface area (Å²) in [6, 6.07) is 15.2. The van der Waals surface area contributed by atoms with E-state index in [0.717, 1.165) is 4.88 Å². The lowest BCUT2D eigenvalue weighted by atomic mass is 10.1. The van der Waals surface area contributed by atoms with Crippen LogP contribution < -0.4 is 5.32 Å².